The Hall–Kier alpha value is -1.72. The van der Waals surface area contributed by atoms with E-state index in [1.165, 1.54) is 0 Å². The summed E-state index contributed by atoms with van der Waals surface area (Å²) in [5, 5.41) is 3.33. The van der Waals surface area contributed by atoms with E-state index in [4.69, 9.17) is 9.47 Å². The quantitative estimate of drug-likeness (QED) is 0.894. The Kier molecular flexibility index (Phi) is 4.63. The number of benzene rings is 2. The number of hydrogen-bond acceptors (Lipinski definition) is 4. The van der Waals surface area contributed by atoms with Gasteiger partial charge in [-0.25, -0.2) is 4.39 Å². The van der Waals surface area contributed by atoms with Crippen molar-refractivity contribution in [2.24, 2.45) is 5.92 Å². The molecule has 0 aromatic heterocycles. The summed E-state index contributed by atoms with van der Waals surface area (Å²) in [7, 11) is 0. The number of hydrogen-bond donors (Lipinski definition) is 1. The zero-order valence-corrected chi connectivity index (χ0v) is 14.2. The van der Waals surface area contributed by atoms with Crippen molar-refractivity contribution in [1.82, 2.24) is 5.32 Å². The molecule has 0 amide bonds. The first-order valence-corrected chi connectivity index (χ1v) is 9.31. The summed E-state index contributed by atoms with van der Waals surface area (Å²) in [5.74, 6) is 2.07. The number of fused-ring (bicyclic) bond motifs is 1. The Balaban J connectivity index is 1.47. The zero-order chi connectivity index (χ0) is 16.4. The van der Waals surface area contributed by atoms with Gasteiger partial charge in [-0.1, -0.05) is 23.9 Å². The number of rotatable bonds is 4. The Labute approximate surface area is 145 Å². The van der Waals surface area contributed by atoms with Crippen LogP contribution in [0.3, 0.4) is 0 Å². The lowest BCUT2D eigenvalue weighted by Crippen LogP contribution is -2.30. The fraction of sp³-hybridized carbons (Fsp3) is 0.368. The minimum absolute atomic E-state index is 0.308. The van der Waals surface area contributed by atoms with E-state index in [0.717, 1.165) is 47.7 Å². The van der Waals surface area contributed by atoms with Gasteiger partial charge in [0.2, 0.25) is 0 Å². The minimum atomic E-state index is -0.308. The highest BCUT2D eigenvalue weighted by Gasteiger charge is 2.16. The van der Waals surface area contributed by atoms with Crippen molar-refractivity contribution in [3.63, 3.8) is 0 Å². The van der Waals surface area contributed by atoms with Crippen LogP contribution in [-0.2, 0) is 0 Å². The van der Waals surface area contributed by atoms with Crippen LogP contribution in [0, 0.1) is 11.7 Å². The highest BCUT2D eigenvalue weighted by atomic mass is 32.2. The van der Waals surface area contributed by atoms with E-state index in [0.29, 0.717) is 24.2 Å². The Bertz CT molecular complexity index is 731. The molecule has 2 aliphatic heterocycles. The zero-order valence-electron chi connectivity index (χ0n) is 13.4. The lowest BCUT2D eigenvalue weighted by atomic mass is 9.99. The molecule has 0 unspecified atom stereocenters. The van der Waals surface area contributed by atoms with Crippen LogP contribution >= 0.6 is 11.8 Å². The monoisotopic (exact) mass is 345 g/mol. The van der Waals surface area contributed by atoms with Crippen molar-refractivity contribution in [1.29, 1.82) is 0 Å². The number of nitrogens with one attached hydrogen (secondary N) is 1. The molecular weight excluding hydrogens is 325 g/mol. The average Bonchev–Trinajstić information content (AvgIpc) is 3.09. The van der Waals surface area contributed by atoms with Crippen molar-refractivity contribution >= 4 is 11.8 Å². The highest BCUT2D eigenvalue weighted by Crippen LogP contribution is 2.39. The maximum Gasteiger partial charge on any atom is 0.165 e. The summed E-state index contributed by atoms with van der Waals surface area (Å²) in [6.45, 7) is 2.63. The van der Waals surface area contributed by atoms with Crippen LogP contribution in [0.1, 0.15) is 12.8 Å². The van der Waals surface area contributed by atoms with Crippen LogP contribution in [0.4, 0.5) is 4.39 Å². The molecule has 2 aromatic carbocycles. The molecule has 3 nitrogen and oxygen atoms in total. The molecule has 0 aliphatic carbocycles. The Morgan fingerprint density at radius 1 is 1.12 bits per heavy atom. The standard InChI is InChI=1S/C19H20FNO2S/c20-16-9-14(15-2-4-19-18(10-15)23-12-24-19)1-3-17(16)22-11-13-5-7-21-8-6-13/h1-4,9-10,13,21H,5-8,11-12H2. The van der Waals surface area contributed by atoms with Gasteiger partial charge in [0.05, 0.1) is 11.5 Å². The molecule has 5 heteroatoms. The number of piperidine rings is 1. The van der Waals surface area contributed by atoms with Gasteiger partial charge in [0.15, 0.2) is 11.6 Å². The van der Waals surface area contributed by atoms with E-state index >= 15 is 0 Å². The highest BCUT2D eigenvalue weighted by molar-refractivity contribution is 7.99. The molecule has 0 saturated carbocycles. The van der Waals surface area contributed by atoms with E-state index in [9.17, 15) is 4.39 Å². The van der Waals surface area contributed by atoms with Crippen LogP contribution in [-0.4, -0.2) is 25.6 Å². The maximum atomic E-state index is 14.4. The predicted octanol–water partition coefficient (Wildman–Crippen LogP) is 4.31. The van der Waals surface area contributed by atoms with Crippen LogP contribution in [0.5, 0.6) is 11.5 Å². The second-order valence-electron chi connectivity index (χ2n) is 6.22. The molecule has 0 spiro atoms. The molecule has 1 saturated heterocycles. The maximum absolute atomic E-state index is 14.4. The molecule has 1 N–H and O–H groups in total. The molecule has 0 atom stereocenters. The minimum Gasteiger partial charge on any atom is -0.490 e. The third kappa shape index (κ3) is 3.37. The van der Waals surface area contributed by atoms with Gasteiger partial charge in [0.25, 0.3) is 0 Å². The van der Waals surface area contributed by atoms with Crippen molar-refractivity contribution in [2.45, 2.75) is 17.7 Å². The molecule has 0 bridgehead atoms. The lowest BCUT2D eigenvalue weighted by Gasteiger charge is -2.22. The van der Waals surface area contributed by atoms with E-state index in [1.807, 2.05) is 24.3 Å². The first-order chi connectivity index (χ1) is 11.8. The first kappa shape index (κ1) is 15.8. The summed E-state index contributed by atoms with van der Waals surface area (Å²) in [6, 6.07) is 11.2. The Morgan fingerprint density at radius 3 is 2.75 bits per heavy atom. The first-order valence-electron chi connectivity index (χ1n) is 8.33. The van der Waals surface area contributed by atoms with Gasteiger partial charge in [-0.3, -0.25) is 0 Å². The summed E-state index contributed by atoms with van der Waals surface area (Å²) in [6.07, 6.45) is 2.18. The van der Waals surface area contributed by atoms with E-state index < -0.39 is 0 Å². The second-order valence-corrected chi connectivity index (χ2v) is 7.18. The van der Waals surface area contributed by atoms with Gasteiger partial charge in [-0.15, -0.1) is 0 Å². The van der Waals surface area contributed by atoms with E-state index in [1.54, 1.807) is 23.9 Å². The molecule has 2 aliphatic rings. The molecule has 1 fully saturated rings. The average molecular weight is 345 g/mol. The van der Waals surface area contributed by atoms with Crippen LogP contribution in [0.25, 0.3) is 11.1 Å². The molecule has 0 radical (unpaired) electrons. The summed E-state index contributed by atoms with van der Waals surface area (Å²) in [4.78, 5) is 1.14. The molecular formula is C19H20FNO2S. The number of halogens is 1. The third-order valence-electron chi connectivity index (χ3n) is 4.57. The number of thioether (sulfide) groups is 1. The van der Waals surface area contributed by atoms with Crippen LogP contribution in [0.15, 0.2) is 41.3 Å². The van der Waals surface area contributed by atoms with Crippen molar-refractivity contribution < 1.29 is 13.9 Å². The van der Waals surface area contributed by atoms with Gasteiger partial charge in [-0.2, -0.15) is 0 Å². The topological polar surface area (TPSA) is 30.5 Å². The summed E-state index contributed by atoms with van der Waals surface area (Å²) < 4.78 is 25.7. The third-order valence-corrected chi connectivity index (χ3v) is 5.46. The molecule has 4 rings (SSSR count). The van der Waals surface area contributed by atoms with Gasteiger partial charge in [0, 0.05) is 0 Å². The van der Waals surface area contributed by atoms with E-state index in [-0.39, 0.29) is 5.82 Å². The number of ether oxygens (including phenoxy) is 2. The van der Waals surface area contributed by atoms with Crippen molar-refractivity contribution in [3.8, 4) is 22.6 Å². The van der Waals surface area contributed by atoms with Gasteiger partial charge >= 0.3 is 0 Å². The fourth-order valence-electron chi connectivity index (χ4n) is 3.13. The van der Waals surface area contributed by atoms with E-state index in [2.05, 4.69) is 5.32 Å². The largest absolute Gasteiger partial charge is 0.490 e. The van der Waals surface area contributed by atoms with Crippen molar-refractivity contribution in [2.75, 3.05) is 25.6 Å². The smallest absolute Gasteiger partial charge is 0.165 e. The SMILES string of the molecule is Fc1cc(-c2ccc3c(c2)OCS3)ccc1OCC1CCNCC1. The normalized spacial score (nSPS) is 17.4. The predicted molar refractivity (Wildman–Crippen MR) is 94.3 cm³/mol. The van der Waals surface area contributed by atoms with Gasteiger partial charge < -0.3 is 14.8 Å². The van der Waals surface area contributed by atoms with Gasteiger partial charge in [-0.05, 0) is 67.2 Å². The lowest BCUT2D eigenvalue weighted by molar-refractivity contribution is 0.208. The van der Waals surface area contributed by atoms with Crippen LogP contribution < -0.4 is 14.8 Å². The fourth-order valence-corrected chi connectivity index (χ4v) is 3.87. The molecule has 2 aromatic rings. The molecule has 126 valence electrons. The summed E-state index contributed by atoms with van der Waals surface area (Å²) in [5.41, 5.74) is 1.80. The summed E-state index contributed by atoms with van der Waals surface area (Å²) >= 11 is 1.68. The van der Waals surface area contributed by atoms with Gasteiger partial charge in [0.1, 0.15) is 11.7 Å². The van der Waals surface area contributed by atoms with Crippen molar-refractivity contribution in [3.05, 3.63) is 42.2 Å². The Morgan fingerprint density at radius 2 is 1.92 bits per heavy atom. The molecule has 24 heavy (non-hydrogen) atoms. The van der Waals surface area contributed by atoms with Crippen LogP contribution in [0.2, 0.25) is 0 Å². The molecule has 2 heterocycles. The second kappa shape index (κ2) is 7.03.